The Morgan fingerprint density at radius 2 is 1.95 bits per heavy atom. The number of carbonyl (C=O) groups is 1. The van der Waals surface area contributed by atoms with Crippen LogP contribution in [0.5, 0.6) is 0 Å². The summed E-state index contributed by atoms with van der Waals surface area (Å²) in [5.74, 6) is 1.01. The van der Waals surface area contributed by atoms with Crippen molar-refractivity contribution in [2.75, 3.05) is 6.54 Å². The standard InChI is InChI=1S/C16H19ClN2O/c17-13-6-4-12(5-7-13)14-18-16(8-9-16)15(20)19(14)10-11-2-1-3-11/h4-7,11,14,18H,1-3,8-10H2. The molecule has 0 aromatic heterocycles. The van der Waals surface area contributed by atoms with Gasteiger partial charge < -0.3 is 4.90 Å². The summed E-state index contributed by atoms with van der Waals surface area (Å²) in [5, 5.41) is 4.30. The fourth-order valence-corrected chi connectivity index (χ4v) is 3.45. The van der Waals surface area contributed by atoms with Crippen molar-refractivity contribution in [3.8, 4) is 0 Å². The summed E-state index contributed by atoms with van der Waals surface area (Å²) >= 11 is 5.97. The first-order valence-electron chi connectivity index (χ1n) is 7.52. The van der Waals surface area contributed by atoms with Crippen LogP contribution in [0.4, 0.5) is 0 Å². The fourth-order valence-electron chi connectivity index (χ4n) is 3.33. The van der Waals surface area contributed by atoms with Gasteiger partial charge in [-0.05, 0) is 49.3 Å². The molecule has 1 unspecified atom stereocenters. The Labute approximate surface area is 124 Å². The van der Waals surface area contributed by atoms with Crippen molar-refractivity contribution in [1.29, 1.82) is 0 Å². The fraction of sp³-hybridized carbons (Fsp3) is 0.562. The molecule has 0 radical (unpaired) electrons. The van der Waals surface area contributed by atoms with E-state index in [1.54, 1.807) is 0 Å². The van der Waals surface area contributed by atoms with Crippen LogP contribution in [0.3, 0.4) is 0 Å². The van der Waals surface area contributed by atoms with E-state index in [2.05, 4.69) is 10.2 Å². The highest BCUT2D eigenvalue weighted by molar-refractivity contribution is 6.30. The molecule has 1 spiro atoms. The molecule has 1 aromatic carbocycles. The van der Waals surface area contributed by atoms with E-state index < -0.39 is 0 Å². The van der Waals surface area contributed by atoms with Crippen LogP contribution in [-0.4, -0.2) is 22.9 Å². The second kappa shape index (κ2) is 4.47. The lowest BCUT2D eigenvalue weighted by Gasteiger charge is -2.33. The first kappa shape index (κ1) is 12.7. The topological polar surface area (TPSA) is 32.3 Å². The van der Waals surface area contributed by atoms with Gasteiger partial charge in [-0.2, -0.15) is 0 Å². The molecule has 4 heteroatoms. The minimum atomic E-state index is -0.242. The number of nitrogens with zero attached hydrogens (tertiary/aromatic N) is 1. The van der Waals surface area contributed by atoms with E-state index in [0.717, 1.165) is 30.0 Å². The molecular formula is C16H19ClN2O. The number of amides is 1. The molecule has 1 amide bonds. The molecule has 1 aliphatic heterocycles. The molecule has 1 atom stereocenters. The van der Waals surface area contributed by atoms with Gasteiger partial charge in [0.05, 0.1) is 0 Å². The van der Waals surface area contributed by atoms with Gasteiger partial charge in [-0.25, -0.2) is 0 Å². The first-order chi connectivity index (χ1) is 9.68. The average Bonchev–Trinajstić information content (AvgIpc) is 3.11. The average molecular weight is 291 g/mol. The smallest absolute Gasteiger partial charge is 0.244 e. The molecule has 2 saturated carbocycles. The van der Waals surface area contributed by atoms with Gasteiger partial charge in [0, 0.05) is 11.6 Å². The largest absolute Gasteiger partial charge is 0.321 e. The van der Waals surface area contributed by atoms with Gasteiger partial charge >= 0.3 is 0 Å². The molecule has 1 heterocycles. The zero-order valence-electron chi connectivity index (χ0n) is 11.4. The number of hydrogen-bond donors (Lipinski definition) is 1. The number of nitrogens with one attached hydrogen (secondary N) is 1. The molecule has 0 bridgehead atoms. The number of rotatable bonds is 3. The lowest BCUT2D eigenvalue weighted by Crippen LogP contribution is -2.37. The van der Waals surface area contributed by atoms with E-state index in [4.69, 9.17) is 11.6 Å². The number of carbonyl (C=O) groups excluding carboxylic acids is 1. The summed E-state index contributed by atoms with van der Waals surface area (Å²) in [5.41, 5.74) is 0.902. The van der Waals surface area contributed by atoms with Crippen LogP contribution in [0, 0.1) is 5.92 Å². The number of halogens is 1. The van der Waals surface area contributed by atoms with Crippen molar-refractivity contribution in [3.05, 3.63) is 34.9 Å². The van der Waals surface area contributed by atoms with Gasteiger partial charge in [-0.1, -0.05) is 30.2 Å². The van der Waals surface area contributed by atoms with Crippen molar-refractivity contribution < 1.29 is 4.79 Å². The van der Waals surface area contributed by atoms with Crippen molar-refractivity contribution in [2.45, 2.75) is 43.8 Å². The van der Waals surface area contributed by atoms with Gasteiger partial charge in [-0.15, -0.1) is 0 Å². The lowest BCUT2D eigenvalue weighted by molar-refractivity contribution is -0.131. The summed E-state index contributed by atoms with van der Waals surface area (Å²) in [6.45, 7) is 0.904. The van der Waals surface area contributed by atoms with Crippen LogP contribution >= 0.6 is 11.6 Å². The maximum atomic E-state index is 12.7. The van der Waals surface area contributed by atoms with E-state index in [1.165, 1.54) is 19.3 Å². The molecule has 4 rings (SSSR count). The Morgan fingerprint density at radius 1 is 1.25 bits per heavy atom. The summed E-state index contributed by atoms with van der Waals surface area (Å²) in [6, 6.07) is 7.87. The van der Waals surface area contributed by atoms with Gasteiger partial charge in [0.2, 0.25) is 5.91 Å². The quantitative estimate of drug-likeness (QED) is 0.928. The van der Waals surface area contributed by atoms with Gasteiger partial charge in [-0.3, -0.25) is 10.1 Å². The highest BCUT2D eigenvalue weighted by Crippen LogP contribution is 2.47. The van der Waals surface area contributed by atoms with Crippen LogP contribution < -0.4 is 5.32 Å². The molecule has 1 saturated heterocycles. The summed E-state index contributed by atoms with van der Waals surface area (Å²) < 4.78 is 0. The number of hydrogen-bond acceptors (Lipinski definition) is 2. The van der Waals surface area contributed by atoms with Crippen LogP contribution in [0.15, 0.2) is 24.3 Å². The third kappa shape index (κ3) is 1.95. The summed E-state index contributed by atoms with van der Waals surface area (Å²) in [6.07, 6.45) is 5.85. The van der Waals surface area contributed by atoms with Gasteiger partial charge in [0.1, 0.15) is 11.7 Å². The van der Waals surface area contributed by atoms with E-state index in [-0.39, 0.29) is 11.7 Å². The molecular weight excluding hydrogens is 272 g/mol. The number of benzene rings is 1. The Bertz CT molecular complexity index is 534. The van der Waals surface area contributed by atoms with Crippen molar-refractivity contribution in [3.63, 3.8) is 0 Å². The Balaban J connectivity index is 1.61. The van der Waals surface area contributed by atoms with E-state index in [1.807, 2.05) is 24.3 Å². The SMILES string of the molecule is O=C1N(CC2CCC2)C(c2ccc(Cl)cc2)NC12CC2. The van der Waals surface area contributed by atoms with Gasteiger partial charge in [0.15, 0.2) is 0 Å². The first-order valence-corrected chi connectivity index (χ1v) is 7.90. The van der Waals surface area contributed by atoms with E-state index >= 15 is 0 Å². The van der Waals surface area contributed by atoms with Crippen molar-refractivity contribution >= 4 is 17.5 Å². The van der Waals surface area contributed by atoms with Crippen LogP contribution in [0.1, 0.15) is 43.8 Å². The zero-order chi connectivity index (χ0) is 13.7. The van der Waals surface area contributed by atoms with Crippen molar-refractivity contribution in [1.82, 2.24) is 10.2 Å². The molecule has 106 valence electrons. The molecule has 1 N–H and O–H groups in total. The highest BCUT2D eigenvalue weighted by atomic mass is 35.5. The van der Waals surface area contributed by atoms with E-state index in [0.29, 0.717) is 11.8 Å². The van der Waals surface area contributed by atoms with Crippen LogP contribution in [0.25, 0.3) is 0 Å². The normalized spacial score (nSPS) is 27.9. The summed E-state index contributed by atoms with van der Waals surface area (Å²) in [4.78, 5) is 14.7. The lowest BCUT2D eigenvalue weighted by atomic mass is 9.85. The van der Waals surface area contributed by atoms with Crippen LogP contribution in [0.2, 0.25) is 5.02 Å². The second-order valence-electron chi connectivity index (χ2n) is 6.43. The Kier molecular flexibility index (Phi) is 2.83. The second-order valence-corrected chi connectivity index (χ2v) is 6.87. The molecule has 3 aliphatic rings. The Hall–Kier alpha value is -1.06. The monoisotopic (exact) mass is 290 g/mol. The maximum Gasteiger partial charge on any atom is 0.244 e. The van der Waals surface area contributed by atoms with Gasteiger partial charge in [0.25, 0.3) is 0 Å². The molecule has 3 fully saturated rings. The molecule has 1 aromatic rings. The minimum Gasteiger partial charge on any atom is -0.321 e. The molecule has 20 heavy (non-hydrogen) atoms. The van der Waals surface area contributed by atoms with Crippen molar-refractivity contribution in [2.24, 2.45) is 5.92 Å². The molecule has 2 aliphatic carbocycles. The summed E-state index contributed by atoms with van der Waals surface area (Å²) in [7, 11) is 0. The predicted octanol–water partition coefficient (Wildman–Crippen LogP) is 3.10. The third-order valence-corrected chi connectivity index (χ3v) is 5.26. The van der Waals surface area contributed by atoms with E-state index in [9.17, 15) is 4.79 Å². The van der Waals surface area contributed by atoms with Crippen LogP contribution in [-0.2, 0) is 4.79 Å². The highest BCUT2D eigenvalue weighted by Gasteiger charge is 2.59. The molecule has 3 nitrogen and oxygen atoms in total. The third-order valence-electron chi connectivity index (χ3n) is 5.01. The Morgan fingerprint density at radius 3 is 2.50 bits per heavy atom. The predicted molar refractivity (Wildman–Crippen MR) is 78.3 cm³/mol. The zero-order valence-corrected chi connectivity index (χ0v) is 12.2. The minimum absolute atomic E-state index is 0.0304. The maximum absolute atomic E-state index is 12.7.